The van der Waals surface area contributed by atoms with Crippen LogP contribution in [-0.2, 0) is 4.79 Å². The van der Waals surface area contributed by atoms with Gasteiger partial charge in [-0.2, -0.15) is 0 Å². The lowest BCUT2D eigenvalue weighted by atomic mass is 10.1. The third-order valence-electron chi connectivity index (χ3n) is 5.47. The van der Waals surface area contributed by atoms with E-state index in [4.69, 9.17) is 17.0 Å². The number of amides is 1. The van der Waals surface area contributed by atoms with Gasteiger partial charge in [-0.15, -0.1) is 11.3 Å². The summed E-state index contributed by atoms with van der Waals surface area (Å²) in [4.78, 5) is 23.3. The van der Waals surface area contributed by atoms with Crippen molar-refractivity contribution in [1.29, 1.82) is 0 Å². The van der Waals surface area contributed by atoms with Crippen molar-refractivity contribution in [3.63, 3.8) is 0 Å². The van der Waals surface area contributed by atoms with Crippen LogP contribution in [0.15, 0.2) is 100 Å². The van der Waals surface area contributed by atoms with Gasteiger partial charge >= 0.3 is 0 Å². The fourth-order valence-corrected chi connectivity index (χ4v) is 5.89. The van der Waals surface area contributed by atoms with Crippen molar-refractivity contribution >= 4 is 62.2 Å². The minimum Gasteiger partial charge on any atom is -0.483 e. The zero-order valence-corrected chi connectivity index (χ0v) is 22.3. The first-order valence-corrected chi connectivity index (χ1v) is 13.5. The smallest absolute Gasteiger partial charge is 0.264 e. The van der Waals surface area contributed by atoms with Crippen molar-refractivity contribution in [2.45, 2.75) is 16.8 Å². The Hall–Kier alpha value is -3.79. The van der Waals surface area contributed by atoms with E-state index in [1.54, 1.807) is 17.7 Å². The first-order chi connectivity index (χ1) is 18.1. The number of anilines is 1. The molecule has 0 aliphatic carbocycles. The average molecular weight is 543 g/mol. The molecule has 2 aromatic heterocycles. The summed E-state index contributed by atoms with van der Waals surface area (Å²) < 4.78 is 5.62. The van der Waals surface area contributed by atoms with Crippen LogP contribution in [0.3, 0.4) is 0 Å². The molecule has 2 heterocycles. The topological polar surface area (TPSA) is 76.1 Å². The van der Waals surface area contributed by atoms with Crippen LogP contribution < -0.4 is 15.4 Å². The minimum atomic E-state index is -0.339. The number of rotatable bonds is 7. The second kappa shape index (κ2) is 11.5. The molecule has 0 bridgehead atoms. The van der Waals surface area contributed by atoms with E-state index >= 15 is 0 Å². The molecule has 5 aromatic rings. The molecule has 0 aliphatic rings. The maximum absolute atomic E-state index is 12.4. The summed E-state index contributed by atoms with van der Waals surface area (Å²) in [6.07, 6.45) is 1.59. The van der Waals surface area contributed by atoms with Crippen LogP contribution in [0, 0.1) is 6.92 Å². The number of hydrogen-bond donors (Lipinski definition) is 2. The Morgan fingerprint density at radius 1 is 1.00 bits per heavy atom. The van der Waals surface area contributed by atoms with Crippen LogP contribution in [0.2, 0.25) is 0 Å². The quantitative estimate of drug-likeness (QED) is 0.175. The molecule has 0 unspecified atom stereocenters. The van der Waals surface area contributed by atoms with E-state index in [9.17, 15) is 4.79 Å². The zero-order valence-electron chi connectivity index (χ0n) is 19.8. The van der Waals surface area contributed by atoms with E-state index in [-0.39, 0.29) is 17.6 Å². The Morgan fingerprint density at radius 3 is 2.59 bits per heavy atom. The molecule has 0 fully saturated rings. The van der Waals surface area contributed by atoms with Crippen LogP contribution in [0.4, 0.5) is 5.69 Å². The lowest BCUT2D eigenvalue weighted by Gasteiger charge is -2.14. The van der Waals surface area contributed by atoms with Crippen molar-refractivity contribution in [3.8, 4) is 16.9 Å². The van der Waals surface area contributed by atoms with Crippen molar-refractivity contribution in [1.82, 2.24) is 15.3 Å². The monoisotopic (exact) mass is 542 g/mol. The lowest BCUT2D eigenvalue weighted by Crippen LogP contribution is -2.37. The molecule has 5 rings (SSSR count). The molecule has 37 heavy (non-hydrogen) atoms. The van der Waals surface area contributed by atoms with Gasteiger partial charge in [0.1, 0.15) is 21.9 Å². The molecule has 0 spiro atoms. The van der Waals surface area contributed by atoms with E-state index in [2.05, 4.69) is 38.1 Å². The first-order valence-electron chi connectivity index (χ1n) is 11.4. The fraction of sp³-hybridized carbons (Fsp3) is 0.0714. The largest absolute Gasteiger partial charge is 0.483 e. The number of fused-ring (bicyclic) bond motifs is 1. The molecule has 184 valence electrons. The second-order valence-electron chi connectivity index (χ2n) is 8.03. The Bertz CT molecular complexity index is 1570. The number of hydrogen-bond acceptors (Lipinski definition) is 7. The summed E-state index contributed by atoms with van der Waals surface area (Å²) in [5.41, 5.74) is 3.95. The number of nitrogens with zero attached hydrogens (tertiary/aromatic N) is 2. The number of para-hydroxylation sites is 2. The number of ether oxygens (including phenoxy) is 1. The third-order valence-corrected chi connectivity index (χ3v) is 7.64. The predicted octanol–water partition coefficient (Wildman–Crippen LogP) is 6.71. The van der Waals surface area contributed by atoms with Gasteiger partial charge < -0.3 is 10.1 Å². The average Bonchev–Trinajstić information content (AvgIpc) is 3.35. The highest BCUT2D eigenvalue weighted by Gasteiger charge is 2.16. The van der Waals surface area contributed by atoms with E-state index in [0.29, 0.717) is 5.75 Å². The van der Waals surface area contributed by atoms with Gasteiger partial charge in [-0.3, -0.25) is 10.1 Å². The zero-order chi connectivity index (χ0) is 25.6. The van der Waals surface area contributed by atoms with E-state index in [0.717, 1.165) is 42.5 Å². The molecular formula is C28H22N4O2S3. The standard InChI is InChI=1S/C28H22N4O2S3/c1-18-9-5-7-13-22(18)34-15-24(33)32-28(35)31-21-12-6-8-14-23(21)37-27-25-20(19-10-3-2-4-11-19)16-36-26(25)29-17-30-27/h2-14,16-17H,15H2,1H3,(H2,31,32,33,35). The number of carbonyl (C=O) groups is 1. The molecule has 0 aliphatic heterocycles. The van der Waals surface area contributed by atoms with E-state index in [1.165, 1.54) is 11.8 Å². The maximum Gasteiger partial charge on any atom is 0.264 e. The van der Waals surface area contributed by atoms with Gasteiger partial charge in [0.25, 0.3) is 5.91 Å². The SMILES string of the molecule is Cc1ccccc1OCC(=O)NC(=S)Nc1ccccc1Sc1ncnc2scc(-c3ccccc3)c12. The maximum atomic E-state index is 12.4. The van der Waals surface area contributed by atoms with Crippen LogP contribution >= 0.6 is 35.3 Å². The Labute approximate surface area is 228 Å². The fourth-order valence-electron chi connectivity index (χ4n) is 3.70. The molecule has 0 radical (unpaired) electrons. The van der Waals surface area contributed by atoms with Crippen molar-refractivity contribution in [2.75, 3.05) is 11.9 Å². The van der Waals surface area contributed by atoms with Gasteiger partial charge in [0.2, 0.25) is 0 Å². The highest BCUT2D eigenvalue weighted by molar-refractivity contribution is 7.99. The number of aryl methyl sites for hydroxylation is 1. The summed E-state index contributed by atoms with van der Waals surface area (Å²) in [6, 6.07) is 25.5. The Balaban J connectivity index is 1.31. The predicted molar refractivity (Wildman–Crippen MR) is 154 cm³/mol. The van der Waals surface area contributed by atoms with Crippen molar-refractivity contribution < 1.29 is 9.53 Å². The molecule has 6 nitrogen and oxygen atoms in total. The molecule has 0 saturated carbocycles. The van der Waals surface area contributed by atoms with Gasteiger partial charge in [-0.25, -0.2) is 9.97 Å². The Morgan fingerprint density at radius 2 is 1.76 bits per heavy atom. The van der Waals surface area contributed by atoms with Gasteiger partial charge in [0.15, 0.2) is 11.7 Å². The number of benzene rings is 3. The highest BCUT2D eigenvalue weighted by Crippen LogP contribution is 2.41. The molecule has 0 saturated heterocycles. The van der Waals surface area contributed by atoms with Crippen LogP contribution in [0.25, 0.3) is 21.3 Å². The molecule has 9 heteroatoms. The summed E-state index contributed by atoms with van der Waals surface area (Å²) in [5, 5.41) is 10.0. The van der Waals surface area contributed by atoms with Gasteiger partial charge in [0, 0.05) is 15.8 Å². The second-order valence-corrected chi connectivity index (χ2v) is 10.3. The lowest BCUT2D eigenvalue weighted by molar-refractivity contribution is -0.121. The normalized spacial score (nSPS) is 10.7. The van der Waals surface area contributed by atoms with Gasteiger partial charge in [0.05, 0.1) is 11.1 Å². The van der Waals surface area contributed by atoms with Crippen molar-refractivity contribution in [2.24, 2.45) is 0 Å². The molecule has 2 N–H and O–H groups in total. The summed E-state index contributed by atoms with van der Waals surface area (Å²) in [7, 11) is 0. The molecule has 1 amide bonds. The molecule has 3 aromatic carbocycles. The van der Waals surface area contributed by atoms with Crippen LogP contribution in [0.5, 0.6) is 5.75 Å². The van der Waals surface area contributed by atoms with E-state index in [1.807, 2.05) is 73.7 Å². The van der Waals surface area contributed by atoms with Gasteiger partial charge in [-0.1, -0.05) is 72.4 Å². The highest BCUT2D eigenvalue weighted by atomic mass is 32.2. The van der Waals surface area contributed by atoms with Crippen molar-refractivity contribution in [3.05, 3.63) is 96.1 Å². The van der Waals surface area contributed by atoms with Crippen LogP contribution in [0.1, 0.15) is 5.56 Å². The minimum absolute atomic E-state index is 0.137. The molecular weight excluding hydrogens is 521 g/mol. The van der Waals surface area contributed by atoms with E-state index < -0.39 is 0 Å². The number of thiophene rings is 1. The summed E-state index contributed by atoms with van der Waals surface area (Å²) >= 11 is 8.53. The number of carbonyl (C=O) groups excluding carboxylic acids is 1. The number of nitrogens with one attached hydrogen (secondary N) is 2. The number of aromatic nitrogens is 2. The first kappa shape index (κ1) is 24.9. The Kier molecular flexibility index (Phi) is 7.74. The summed E-state index contributed by atoms with van der Waals surface area (Å²) in [5.74, 6) is 0.326. The van der Waals surface area contributed by atoms with Crippen LogP contribution in [-0.4, -0.2) is 27.6 Å². The van der Waals surface area contributed by atoms with Gasteiger partial charge in [-0.05, 0) is 48.5 Å². The third kappa shape index (κ3) is 5.96. The number of thiocarbonyl (C=S) groups is 1. The molecule has 0 atom stereocenters. The summed E-state index contributed by atoms with van der Waals surface area (Å²) in [6.45, 7) is 1.79.